The molecule has 0 aliphatic carbocycles. The Morgan fingerprint density at radius 3 is 1.00 bits per heavy atom. The molecule has 0 radical (unpaired) electrons. The van der Waals surface area contributed by atoms with Gasteiger partial charge in [0.1, 0.15) is 0 Å². The van der Waals surface area contributed by atoms with E-state index in [0.717, 1.165) is 51.4 Å². The van der Waals surface area contributed by atoms with Crippen LogP contribution in [0.4, 0.5) is 0 Å². The summed E-state index contributed by atoms with van der Waals surface area (Å²) in [6, 6.07) is -0.542. The number of hydrogen-bond donors (Lipinski definition) is 3. The quantitative estimate of drug-likeness (QED) is 0.0320. The predicted molar refractivity (Wildman–Crippen MR) is 347 cm³/mol. The molecule has 1 amide bonds. The molecule has 0 rings (SSSR count). The maximum Gasteiger partial charge on any atom is 0.305 e. The second kappa shape index (κ2) is 68.6. The van der Waals surface area contributed by atoms with Crippen LogP contribution in [0.15, 0.2) is 36.5 Å². The highest BCUT2D eigenvalue weighted by molar-refractivity contribution is 5.76. The lowest BCUT2D eigenvalue weighted by molar-refractivity contribution is -0.143. The minimum atomic E-state index is -0.665. The van der Waals surface area contributed by atoms with Crippen LogP contribution in [0.1, 0.15) is 393 Å². The molecule has 2 atom stereocenters. The van der Waals surface area contributed by atoms with Gasteiger partial charge in [-0.15, -0.1) is 0 Å². The van der Waals surface area contributed by atoms with E-state index in [2.05, 4.69) is 55.6 Å². The molecule has 0 aromatic carbocycles. The van der Waals surface area contributed by atoms with Crippen LogP contribution in [0, 0.1) is 0 Å². The van der Waals surface area contributed by atoms with E-state index >= 15 is 0 Å². The van der Waals surface area contributed by atoms with Gasteiger partial charge in [0.2, 0.25) is 5.91 Å². The molecule has 0 aromatic heterocycles. The number of rotatable bonds is 67. The van der Waals surface area contributed by atoms with E-state index in [9.17, 15) is 19.8 Å². The fourth-order valence-electron chi connectivity index (χ4n) is 11.2. The molecular formula is C73H139NO5. The fourth-order valence-corrected chi connectivity index (χ4v) is 11.2. The molecule has 2 unspecified atom stereocenters. The minimum absolute atomic E-state index is 0.00226. The van der Waals surface area contributed by atoms with Crippen molar-refractivity contribution in [1.29, 1.82) is 0 Å². The van der Waals surface area contributed by atoms with Gasteiger partial charge >= 0.3 is 5.97 Å². The first-order valence-electron chi connectivity index (χ1n) is 35.7. The van der Waals surface area contributed by atoms with Crippen molar-refractivity contribution < 1.29 is 24.5 Å². The summed E-state index contributed by atoms with van der Waals surface area (Å²) in [7, 11) is 0. The van der Waals surface area contributed by atoms with Gasteiger partial charge in [0.15, 0.2) is 0 Å². The number of allylic oxidation sites excluding steroid dienone is 6. The van der Waals surface area contributed by atoms with Gasteiger partial charge in [-0.05, 0) is 83.5 Å². The van der Waals surface area contributed by atoms with Crippen molar-refractivity contribution in [3.63, 3.8) is 0 Å². The largest absolute Gasteiger partial charge is 0.466 e. The molecule has 466 valence electrons. The van der Waals surface area contributed by atoms with Crippen LogP contribution in [0.3, 0.4) is 0 Å². The number of hydrogen-bond acceptors (Lipinski definition) is 5. The molecule has 0 aromatic rings. The van der Waals surface area contributed by atoms with Crippen molar-refractivity contribution in [2.24, 2.45) is 0 Å². The molecular weight excluding hydrogens is 971 g/mol. The van der Waals surface area contributed by atoms with Gasteiger partial charge in [0, 0.05) is 12.8 Å². The zero-order valence-corrected chi connectivity index (χ0v) is 53.4. The Morgan fingerprint density at radius 1 is 0.354 bits per heavy atom. The van der Waals surface area contributed by atoms with E-state index < -0.39 is 12.1 Å². The molecule has 0 spiro atoms. The van der Waals surface area contributed by atoms with Crippen LogP contribution < -0.4 is 5.32 Å². The lowest BCUT2D eigenvalue weighted by atomic mass is 10.0. The number of carbonyl (C=O) groups excluding carboxylic acids is 2. The van der Waals surface area contributed by atoms with Crippen molar-refractivity contribution in [3.8, 4) is 0 Å². The summed E-state index contributed by atoms with van der Waals surface area (Å²) in [4.78, 5) is 24.6. The van der Waals surface area contributed by atoms with Crippen LogP contribution in [-0.4, -0.2) is 47.4 Å². The first-order valence-corrected chi connectivity index (χ1v) is 35.7. The number of aliphatic hydroxyl groups is 2. The van der Waals surface area contributed by atoms with Crippen molar-refractivity contribution >= 4 is 11.9 Å². The molecule has 0 saturated carbocycles. The van der Waals surface area contributed by atoms with E-state index in [0.29, 0.717) is 25.9 Å². The molecule has 3 N–H and O–H groups in total. The monoisotopic (exact) mass is 1110 g/mol. The Balaban J connectivity index is 3.38. The summed E-state index contributed by atoms with van der Waals surface area (Å²) >= 11 is 0. The molecule has 0 fully saturated rings. The SMILES string of the molecule is CCCCC/C=C\C/C=C\CCCCCCCC(=O)OCCCCCCCCCCCCCC/C=C\CCCCCCCCCCCCCCC(=O)NC(CO)C(O)CCCCCCCCCCCCCCCCCCCCC. The average molecular weight is 1110 g/mol. The highest BCUT2D eigenvalue weighted by atomic mass is 16.5. The zero-order valence-electron chi connectivity index (χ0n) is 53.4. The highest BCUT2D eigenvalue weighted by Crippen LogP contribution is 2.19. The van der Waals surface area contributed by atoms with Crippen LogP contribution in [0.2, 0.25) is 0 Å². The third-order valence-corrected chi connectivity index (χ3v) is 16.7. The first kappa shape index (κ1) is 77.1. The zero-order chi connectivity index (χ0) is 57.1. The van der Waals surface area contributed by atoms with Crippen molar-refractivity contribution in [2.45, 2.75) is 405 Å². The predicted octanol–water partition coefficient (Wildman–Crippen LogP) is 23.1. The van der Waals surface area contributed by atoms with E-state index in [4.69, 9.17) is 4.74 Å². The topological polar surface area (TPSA) is 95.9 Å². The van der Waals surface area contributed by atoms with Crippen LogP contribution in [-0.2, 0) is 14.3 Å². The van der Waals surface area contributed by atoms with Crippen LogP contribution >= 0.6 is 0 Å². The molecule has 0 heterocycles. The Hall–Kier alpha value is -1.92. The summed E-state index contributed by atoms with van der Waals surface area (Å²) in [5.41, 5.74) is 0. The van der Waals surface area contributed by atoms with Gasteiger partial charge in [0.25, 0.3) is 0 Å². The van der Waals surface area contributed by atoms with Gasteiger partial charge in [-0.3, -0.25) is 9.59 Å². The number of ether oxygens (including phenoxy) is 1. The van der Waals surface area contributed by atoms with E-state index in [1.807, 2.05) is 0 Å². The maximum atomic E-state index is 12.5. The smallest absolute Gasteiger partial charge is 0.305 e. The highest BCUT2D eigenvalue weighted by Gasteiger charge is 2.20. The number of esters is 1. The standard InChI is InChI=1S/C73H139NO5/c1-3-5-7-9-11-13-15-17-19-20-31-34-38-41-45-49-53-57-61-65-71(76)70(69-75)74-72(77)66-62-58-54-50-46-42-39-35-32-29-27-25-23-21-22-24-26-28-30-33-36-40-44-48-52-56-60-64-68-79-73(78)67-63-59-55-51-47-43-37-18-16-14-12-10-8-6-4-2/h12,14,18,21-22,37,70-71,75-76H,3-11,13,15-17,19-20,23-36,38-69H2,1-2H3,(H,74,77)/b14-12-,22-21-,37-18-. The second-order valence-corrected chi connectivity index (χ2v) is 24.6. The van der Waals surface area contributed by atoms with Crippen molar-refractivity contribution in [3.05, 3.63) is 36.5 Å². The summed E-state index contributed by atoms with van der Waals surface area (Å²) in [6.45, 7) is 4.95. The molecule has 79 heavy (non-hydrogen) atoms. The summed E-state index contributed by atoms with van der Waals surface area (Å²) < 4.78 is 5.49. The normalized spacial score (nSPS) is 12.7. The lowest BCUT2D eigenvalue weighted by Gasteiger charge is -2.22. The van der Waals surface area contributed by atoms with Crippen LogP contribution in [0.5, 0.6) is 0 Å². The molecule has 0 bridgehead atoms. The molecule has 0 aliphatic heterocycles. The Kier molecular flexibility index (Phi) is 66.9. The first-order chi connectivity index (χ1) is 39.0. The molecule has 6 nitrogen and oxygen atoms in total. The number of aliphatic hydroxyl groups excluding tert-OH is 2. The second-order valence-electron chi connectivity index (χ2n) is 24.6. The summed E-state index contributed by atoms with van der Waals surface area (Å²) in [5.74, 6) is -0.0291. The van der Waals surface area contributed by atoms with Crippen molar-refractivity contribution in [1.82, 2.24) is 5.32 Å². The third kappa shape index (κ3) is 65.1. The minimum Gasteiger partial charge on any atom is -0.466 e. The lowest BCUT2D eigenvalue weighted by Crippen LogP contribution is -2.45. The summed E-state index contributed by atoms with van der Waals surface area (Å²) in [5, 5.41) is 23.4. The van der Waals surface area contributed by atoms with Gasteiger partial charge in [0.05, 0.1) is 25.4 Å². The van der Waals surface area contributed by atoms with Gasteiger partial charge < -0.3 is 20.3 Å². The summed E-state index contributed by atoms with van der Waals surface area (Å²) in [6.07, 6.45) is 87.6. The fraction of sp³-hybridized carbons (Fsp3) is 0.890. The number of nitrogens with one attached hydrogen (secondary N) is 1. The van der Waals surface area contributed by atoms with Crippen LogP contribution in [0.25, 0.3) is 0 Å². The number of amides is 1. The molecule has 6 heteroatoms. The number of unbranched alkanes of at least 4 members (excludes halogenated alkanes) is 50. The van der Waals surface area contributed by atoms with Gasteiger partial charge in [-0.25, -0.2) is 0 Å². The van der Waals surface area contributed by atoms with Gasteiger partial charge in [-0.2, -0.15) is 0 Å². The van der Waals surface area contributed by atoms with Gasteiger partial charge in [-0.1, -0.05) is 333 Å². The third-order valence-electron chi connectivity index (χ3n) is 16.7. The average Bonchev–Trinajstić information content (AvgIpc) is 3.45. The Morgan fingerprint density at radius 2 is 0.633 bits per heavy atom. The van der Waals surface area contributed by atoms with Crippen molar-refractivity contribution in [2.75, 3.05) is 13.2 Å². The maximum absolute atomic E-state index is 12.5. The Bertz CT molecular complexity index is 1280. The van der Waals surface area contributed by atoms with E-state index in [-0.39, 0.29) is 18.5 Å². The molecule has 0 aliphatic rings. The van der Waals surface area contributed by atoms with E-state index in [1.54, 1.807) is 0 Å². The van der Waals surface area contributed by atoms with E-state index in [1.165, 1.54) is 308 Å². The molecule has 0 saturated heterocycles. The Labute approximate surface area is 494 Å². The number of carbonyl (C=O) groups is 2.